The Bertz CT molecular complexity index is 1180. The maximum Gasteiger partial charge on any atom is 0.203 e. The molecule has 1 aliphatic rings. The van der Waals surface area contributed by atoms with Crippen molar-refractivity contribution >= 4 is 38.2 Å². The number of rotatable bonds is 4. The maximum absolute atomic E-state index is 5.49. The summed E-state index contributed by atoms with van der Waals surface area (Å²) in [5, 5.41) is 9.45. The zero-order chi connectivity index (χ0) is 19.4. The lowest BCUT2D eigenvalue weighted by Crippen LogP contribution is -2.59. The molecule has 1 fully saturated rings. The van der Waals surface area contributed by atoms with E-state index >= 15 is 0 Å². The van der Waals surface area contributed by atoms with Gasteiger partial charge in [-0.15, -0.1) is 10.2 Å². The van der Waals surface area contributed by atoms with Crippen LogP contribution in [0.15, 0.2) is 24.5 Å². The van der Waals surface area contributed by atoms with E-state index in [-0.39, 0.29) is 0 Å². The molecule has 3 aromatic heterocycles. The fraction of sp³-hybridized carbons (Fsp3) is 0.368. The Hall–Kier alpha value is -2.94. The van der Waals surface area contributed by atoms with Gasteiger partial charge in [-0.1, -0.05) is 17.4 Å². The minimum absolute atomic E-state index is 0.373. The van der Waals surface area contributed by atoms with E-state index in [0.717, 1.165) is 46.8 Å². The van der Waals surface area contributed by atoms with Gasteiger partial charge in [0.05, 0.1) is 17.9 Å². The highest BCUT2D eigenvalue weighted by atomic mass is 32.1. The Kier molecular flexibility index (Phi) is 3.87. The monoisotopic (exact) mass is 395 g/mol. The molecular weight excluding hydrogens is 374 g/mol. The zero-order valence-corrected chi connectivity index (χ0v) is 17.1. The number of benzene rings is 1. The van der Waals surface area contributed by atoms with E-state index in [2.05, 4.69) is 45.0 Å². The summed E-state index contributed by atoms with van der Waals surface area (Å²) in [6.07, 6.45) is 3.70. The number of hydrogen-bond acceptors (Lipinski definition) is 8. The normalized spacial score (nSPS) is 14.6. The lowest BCUT2D eigenvalue weighted by Gasteiger charge is -2.44. The van der Waals surface area contributed by atoms with Crippen LogP contribution in [0.2, 0.25) is 0 Å². The van der Waals surface area contributed by atoms with Crippen LogP contribution in [-0.2, 0) is 0 Å². The van der Waals surface area contributed by atoms with Gasteiger partial charge in [-0.2, -0.15) is 0 Å². The van der Waals surface area contributed by atoms with E-state index < -0.39 is 0 Å². The Morgan fingerprint density at radius 3 is 2.82 bits per heavy atom. The molecule has 1 aliphatic heterocycles. The Morgan fingerprint density at radius 1 is 1.21 bits per heavy atom. The van der Waals surface area contributed by atoms with Crippen LogP contribution in [0.3, 0.4) is 0 Å². The summed E-state index contributed by atoms with van der Waals surface area (Å²) in [4.78, 5) is 13.9. The average molecular weight is 395 g/mol. The van der Waals surface area contributed by atoms with Crippen molar-refractivity contribution in [3.8, 4) is 5.75 Å². The Labute approximate surface area is 166 Å². The summed E-state index contributed by atoms with van der Waals surface area (Å²) in [7, 11) is 3.80. The summed E-state index contributed by atoms with van der Waals surface area (Å²) >= 11 is 1.72. The number of anilines is 2. The molecule has 4 aromatic rings. The van der Waals surface area contributed by atoms with Crippen molar-refractivity contribution in [2.45, 2.75) is 19.9 Å². The number of thiazole rings is 1. The van der Waals surface area contributed by atoms with E-state index in [1.807, 2.05) is 23.6 Å². The van der Waals surface area contributed by atoms with Gasteiger partial charge in [0.1, 0.15) is 17.1 Å². The topological polar surface area (TPSA) is 71.7 Å². The Balaban J connectivity index is 1.39. The number of aryl methyl sites for hydroxylation is 2. The van der Waals surface area contributed by atoms with Crippen LogP contribution < -0.4 is 14.5 Å². The van der Waals surface area contributed by atoms with Crippen LogP contribution in [0.1, 0.15) is 11.4 Å². The number of ether oxygens (including phenoxy) is 1. The SMILES string of the molecule is COc1ccc(C)c2sc(N(C)C3CN(c4nccn5c(C)nnc45)C3)nc12. The van der Waals surface area contributed by atoms with Crippen LogP contribution >= 0.6 is 11.3 Å². The molecule has 28 heavy (non-hydrogen) atoms. The fourth-order valence-corrected chi connectivity index (χ4v) is 4.68. The molecule has 0 N–H and O–H groups in total. The molecule has 5 rings (SSSR count). The van der Waals surface area contributed by atoms with E-state index in [9.17, 15) is 0 Å². The molecule has 144 valence electrons. The van der Waals surface area contributed by atoms with Gasteiger partial charge in [-0.05, 0) is 25.5 Å². The van der Waals surface area contributed by atoms with Crippen molar-refractivity contribution in [2.24, 2.45) is 0 Å². The number of likely N-dealkylation sites (N-methyl/N-ethyl adjacent to an activating group) is 1. The predicted octanol–water partition coefficient (Wildman–Crippen LogP) is 2.68. The minimum atomic E-state index is 0.373. The van der Waals surface area contributed by atoms with Crippen molar-refractivity contribution < 1.29 is 4.74 Å². The summed E-state index contributed by atoms with van der Waals surface area (Å²) < 4.78 is 8.65. The lowest BCUT2D eigenvalue weighted by atomic mass is 10.1. The average Bonchev–Trinajstić information content (AvgIpc) is 3.27. The zero-order valence-electron chi connectivity index (χ0n) is 16.2. The number of hydrogen-bond donors (Lipinski definition) is 0. The first kappa shape index (κ1) is 17.2. The van der Waals surface area contributed by atoms with Gasteiger partial charge in [0.25, 0.3) is 0 Å². The third-order valence-electron chi connectivity index (χ3n) is 5.40. The number of aromatic nitrogens is 5. The first-order valence-electron chi connectivity index (χ1n) is 9.15. The van der Waals surface area contributed by atoms with Crippen molar-refractivity contribution in [2.75, 3.05) is 37.0 Å². The van der Waals surface area contributed by atoms with E-state index in [0.29, 0.717) is 6.04 Å². The van der Waals surface area contributed by atoms with E-state index in [1.54, 1.807) is 24.6 Å². The second-order valence-electron chi connectivity index (χ2n) is 7.12. The third-order valence-corrected chi connectivity index (χ3v) is 6.68. The second-order valence-corrected chi connectivity index (χ2v) is 8.10. The lowest BCUT2D eigenvalue weighted by molar-refractivity contribution is 0.419. The molecule has 9 heteroatoms. The Morgan fingerprint density at radius 2 is 2.04 bits per heavy atom. The molecule has 1 aromatic carbocycles. The second kappa shape index (κ2) is 6.30. The van der Waals surface area contributed by atoms with Gasteiger partial charge in [-0.3, -0.25) is 4.40 Å². The molecule has 0 spiro atoms. The molecule has 0 bridgehead atoms. The number of nitrogens with zero attached hydrogens (tertiary/aromatic N) is 7. The van der Waals surface area contributed by atoms with Gasteiger partial charge in [-0.25, -0.2) is 9.97 Å². The van der Waals surface area contributed by atoms with Crippen molar-refractivity contribution in [3.05, 3.63) is 35.9 Å². The molecule has 0 amide bonds. The van der Waals surface area contributed by atoms with Crippen LogP contribution in [0.5, 0.6) is 5.75 Å². The van der Waals surface area contributed by atoms with Crippen LogP contribution in [0.25, 0.3) is 15.9 Å². The van der Waals surface area contributed by atoms with Gasteiger partial charge in [0.2, 0.25) is 5.65 Å². The van der Waals surface area contributed by atoms with Crippen LogP contribution in [-0.4, -0.2) is 57.9 Å². The van der Waals surface area contributed by atoms with Gasteiger partial charge in [0.15, 0.2) is 10.9 Å². The maximum atomic E-state index is 5.49. The van der Waals surface area contributed by atoms with Gasteiger partial charge in [0, 0.05) is 32.5 Å². The van der Waals surface area contributed by atoms with Crippen molar-refractivity contribution in [3.63, 3.8) is 0 Å². The smallest absolute Gasteiger partial charge is 0.203 e. The van der Waals surface area contributed by atoms with Gasteiger partial charge >= 0.3 is 0 Å². The molecular formula is C19H21N7OS. The first-order valence-corrected chi connectivity index (χ1v) is 9.96. The van der Waals surface area contributed by atoms with Crippen LogP contribution in [0.4, 0.5) is 10.9 Å². The number of methoxy groups -OCH3 is 1. The van der Waals surface area contributed by atoms with Crippen molar-refractivity contribution in [1.82, 2.24) is 24.6 Å². The molecule has 0 radical (unpaired) electrons. The predicted molar refractivity (Wildman–Crippen MR) is 111 cm³/mol. The van der Waals surface area contributed by atoms with Gasteiger partial charge < -0.3 is 14.5 Å². The molecule has 0 unspecified atom stereocenters. The number of fused-ring (bicyclic) bond motifs is 2. The standard InChI is InChI=1S/C19H21N7OS/c1-11-5-6-14(27-4)15-16(11)28-19(21-15)24(3)13-9-25(10-13)17-18-23-22-12(2)26(18)8-7-20-17/h5-8,13H,9-10H2,1-4H3. The minimum Gasteiger partial charge on any atom is -0.494 e. The highest BCUT2D eigenvalue weighted by Gasteiger charge is 2.34. The summed E-state index contributed by atoms with van der Waals surface area (Å²) in [5.41, 5.74) is 2.97. The van der Waals surface area contributed by atoms with E-state index in [4.69, 9.17) is 9.72 Å². The largest absolute Gasteiger partial charge is 0.494 e. The highest BCUT2D eigenvalue weighted by molar-refractivity contribution is 7.22. The summed E-state index contributed by atoms with van der Waals surface area (Å²) in [6, 6.07) is 4.44. The molecule has 0 aliphatic carbocycles. The van der Waals surface area contributed by atoms with Crippen LogP contribution in [0, 0.1) is 13.8 Å². The molecule has 8 nitrogen and oxygen atoms in total. The van der Waals surface area contributed by atoms with E-state index in [1.165, 1.54) is 10.3 Å². The summed E-state index contributed by atoms with van der Waals surface area (Å²) in [5.74, 6) is 2.57. The first-order chi connectivity index (χ1) is 13.6. The quantitative estimate of drug-likeness (QED) is 0.526. The fourth-order valence-electron chi connectivity index (χ4n) is 3.60. The third kappa shape index (κ3) is 2.50. The molecule has 0 saturated carbocycles. The molecule has 4 heterocycles. The molecule has 1 saturated heterocycles. The molecule has 0 atom stereocenters. The highest BCUT2D eigenvalue weighted by Crippen LogP contribution is 2.37. The summed E-state index contributed by atoms with van der Waals surface area (Å²) in [6.45, 7) is 5.81. The van der Waals surface area contributed by atoms with Crippen molar-refractivity contribution in [1.29, 1.82) is 0 Å².